The Morgan fingerprint density at radius 2 is 1.65 bits per heavy atom. The topological polar surface area (TPSA) is 43.9 Å². The first-order valence-electron chi connectivity index (χ1n) is 9.70. The van der Waals surface area contributed by atoms with Crippen molar-refractivity contribution < 1.29 is 14.0 Å². The number of hydrogen-bond acceptors (Lipinski definition) is 3. The Morgan fingerprint density at radius 3 is 2.31 bits per heavy atom. The van der Waals surface area contributed by atoms with Crippen LogP contribution in [-0.2, 0) is 9.59 Å². The van der Waals surface area contributed by atoms with Crippen molar-refractivity contribution in [3.8, 4) is 0 Å². The number of likely N-dealkylation sites (tertiary alicyclic amines) is 1. The van der Waals surface area contributed by atoms with E-state index in [1.807, 2.05) is 9.80 Å². The first kappa shape index (κ1) is 17.3. The fourth-order valence-electron chi connectivity index (χ4n) is 4.56. The summed E-state index contributed by atoms with van der Waals surface area (Å²) in [5.41, 5.74) is 0.988. The van der Waals surface area contributed by atoms with Crippen molar-refractivity contribution in [1.29, 1.82) is 0 Å². The van der Waals surface area contributed by atoms with Gasteiger partial charge in [-0.25, -0.2) is 4.39 Å². The van der Waals surface area contributed by atoms with Crippen molar-refractivity contribution in [2.24, 2.45) is 5.92 Å². The molecule has 1 aliphatic carbocycles. The van der Waals surface area contributed by atoms with Crippen LogP contribution in [0.25, 0.3) is 0 Å². The SMILES string of the molecule is O=C([C@H]1CC(=O)N(C2CCCC2)C1)N1CCN(c2ccc(F)cc2)CC1. The Bertz CT molecular complexity index is 664. The summed E-state index contributed by atoms with van der Waals surface area (Å²) < 4.78 is 13.1. The summed E-state index contributed by atoms with van der Waals surface area (Å²) in [6.07, 6.45) is 4.93. The highest BCUT2D eigenvalue weighted by molar-refractivity contribution is 5.89. The summed E-state index contributed by atoms with van der Waals surface area (Å²) in [6.45, 7) is 3.39. The Hall–Kier alpha value is -2.11. The number of nitrogens with zero attached hydrogens (tertiary/aromatic N) is 3. The van der Waals surface area contributed by atoms with Crippen LogP contribution in [0.1, 0.15) is 32.1 Å². The molecule has 6 heteroatoms. The predicted octanol–water partition coefficient (Wildman–Crippen LogP) is 2.27. The number of amides is 2. The zero-order valence-electron chi connectivity index (χ0n) is 15.1. The minimum Gasteiger partial charge on any atom is -0.368 e. The lowest BCUT2D eigenvalue weighted by molar-refractivity contribution is -0.136. The molecule has 2 saturated heterocycles. The van der Waals surface area contributed by atoms with Crippen molar-refractivity contribution in [3.05, 3.63) is 30.1 Å². The molecule has 1 atom stereocenters. The number of halogens is 1. The van der Waals surface area contributed by atoms with E-state index in [4.69, 9.17) is 0 Å². The summed E-state index contributed by atoms with van der Waals surface area (Å²) in [6, 6.07) is 6.85. The second-order valence-electron chi connectivity index (χ2n) is 7.67. The molecule has 1 aromatic carbocycles. The van der Waals surface area contributed by atoms with E-state index < -0.39 is 0 Å². The van der Waals surface area contributed by atoms with Crippen LogP contribution in [0.4, 0.5) is 10.1 Å². The van der Waals surface area contributed by atoms with Gasteiger partial charge in [-0.2, -0.15) is 0 Å². The molecule has 0 spiro atoms. The molecule has 1 saturated carbocycles. The molecule has 0 N–H and O–H groups in total. The molecule has 0 bridgehead atoms. The van der Waals surface area contributed by atoms with E-state index in [0.717, 1.165) is 31.6 Å². The minimum atomic E-state index is -0.236. The number of anilines is 1. The molecule has 3 fully saturated rings. The second kappa shape index (κ2) is 7.25. The van der Waals surface area contributed by atoms with Gasteiger partial charge < -0.3 is 14.7 Å². The molecule has 2 aliphatic heterocycles. The molecule has 4 rings (SSSR count). The van der Waals surface area contributed by atoms with E-state index in [0.29, 0.717) is 32.1 Å². The Kier molecular flexibility index (Phi) is 4.83. The Morgan fingerprint density at radius 1 is 1.00 bits per heavy atom. The summed E-state index contributed by atoms with van der Waals surface area (Å²) in [5.74, 6) is -0.140. The van der Waals surface area contributed by atoms with Crippen LogP contribution in [0.3, 0.4) is 0 Å². The van der Waals surface area contributed by atoms with Crippen LogP contribution in [0.5, 0.6) is 0 Å². The summed E-state index contributed by atoms with van der Waals surface area (Å²) in [7, 11) is 0. The van der Waals surface area contributed by atoms with E-state index in [1.165, 1.54) is 25.0 Å². The highest BCUT2D eigenvalue weighted by Gasteiger charge is 2.40. The predicted molar refractivity (Wildman–Crippen MR) is 97.3 cm³/mol. The third-order valence-electron chi connectivity index (χ3n) is 6.06. The highest BCUT2D eigenvalue weighted by atomic mass is 19.1. The van der Waals surface area contributed by atoms with Crippen molar-refractivity contribution in [2.45, 2.75) is 38.1 Å². The molecule has 2 amide bonds. The van der Waals surface area contributed by atoms with Gasteiger partial charge in [0, 0.05) is 50.9 Å². The number of rotatable bonds is 3. The number of carbonyl (C=O) groups excluding carboxylic acids is 2. The van der Waals surface area contributed by atoms with Gasteiger partial charge in [-0.3, -0.25) is 9.59 Å². The maximum atomic E-state index is 13.1. The quantitative estimate of drug-likeness (QED) is 0.832. The first-order chi connectivity index (χ1) is 12.6. The molecule has 1 aromatic rings. The number of hydrogen-bond donors (Lipinski definition) is 0. The van der Waals surface area contributed by atoms with Crippen LogP contribution in [-0.4, -0.2) is 60.4 Å². The van der Waals surface area contributed by atoms with Crippen molar-refractivity contribution in [1.82, 2.24) is 9.80 Å². The average Bonchev–Trinajstić information content (AvgIpc) is 3.31. The third kappa shape index (κ3) is 3.41. The normalized spacial score (nSPS) is 24.6. The van der Waals surface area contributed by atoms with E-state index in [1.54, 1.807) is 12.1 Å². The number of carbonyl (C=O) groups is 2. The Labute approximate surface area is 153 Å². The number of piperazine rings is 1. The smallest absolute Gasteiger partial charge is 0.228 e. The average molecular weight is 359 g/mol. The lowest BCUT2D eigenvalue weighted by Gasteiger charge is -2.37. The van der Waals surface area contributed by atoms with Gasteiger partial charge in [-0.1, -0.05) is 12.8 Å². The molecule has 3 aliphatic rings. The van der Waals surface area contributed by atoms with E-state index in [9.17, 15) is 14.0 Å². The van der Waals surface area contributed by atoms with Crippen molar-refractivity contribution in [2.75, 3.05) is 37.6 Å². The van der Waals surface area contributed by atoms with Gasteiger partial charge >= 0.3 is 0 Å². The molecule has 2 heterocycles. The van der Waals surface area contributed by atoms with Gasteiger partial charge in [-0.05, 0) is 37.1 Å². The third-order valence-corrected chi connectivity index (χ3v) is 6.06. The van der Waals surface area contributed by atoms with Crippen molar-refractivity contribution >= 4 is 17.5 Å². The summed E-state index contributed by atoms with van der Waals surface area (Å²) in [5, 5.41) is 0. The molecule has 0 unspecified atom stereocenters. The van der Waals surface area contributed by atoms with Crippen LogP contribution >= 0.6 is 0 Å². The van der Waals surface area contributed by atoms with Crippen LogP contribution in [0, 0.1) is 11.7 Å². The largest absolute Gasteiger partial charge is 0.368 e. The van der Waals surface area contributed by atoms with Gasteiger partial charge in [0.15, 0.2) is 0 Å². The highest BCUT2D eigenvalue weighted by Crippen LogP contribution is 2.30. The van der Waals surface area contributed by atoms with Gasteiger partial charge in [-0.15, -0.1) is 0 Å². The van der Waals surface area contributed by atoms with E-state index in [-0.39, 0.29) is 23.5 Å². The van der Waals surface area contributed by atoms with E-state index in [2.05, 4.69) is 4.90 Å². The minimum absolute atomic E-state index is 0.123. The fraction of sp³-hybridized carbons (Fsp3) is 0.600. The second-order valence-corrected chi connectivity index (χ2v) is 7.67. The maximum absolute atomic E-state index is 13.1. The van der Waals surface area contributed by atoms with Gasteiger partial charge in [0.05, 0.1) is 5.92 Å². The molecular formula is C20H26FN3O2. The van der Waals surface area contributed by atoms with Crippen LogP contribution in [0.15, 0.2) is 24.3 Å². The monoisotopic (exact) mass is 359 g/mol. The standard InChI is InChI=1S/C20H26FN3O2/c21-16-5-7-17(8-6-16)22-9-11-23(12-10-22)20(26)15-13-19(25)24(14-15)18-3-1-2-4-18/h5-8,15,18H,1-4,9-14H2/t15-/m0/s1. The zero-order valence-corrected chi connectivity index (χ0v) is 15.1. The first-order valence-corrected chi connectivity index (χ1v) is 9.70. The molecule has 0 aromatic heterocycles. The van der Waals surface area contributed by atoms with Crippen LogP contribution < -0.4 is 4.90 Å². The molecule has 140 valence electrons. The van der Waals surface area contributed by atoms with Crippen LogP contribution in [0.2, 0.25) is 0 Å². The lowest BCUT2D eigenvalue weighted by Crippen LogP contribution is -2.50. The molecule has 5 nitrogen and oxygen atoms in total. The van der Waals surface area contributed by atoms with E-state index >= 15 is 0 Å². The van der Waals surface area contributed by atoms with Crippen molar-refractivity contribution in [3.63, 3.8) is 0 Å². The molecular weight excluding hydrogens is 333 g/mol. The lowest BCUT2D eigenvalue weighted by atomic mass is 10.1. The number of benzene rings is 1. The van der Waals surface area contributed by atoms with Gasteiger partial charge in [0.2, 0.25) is 11.8 Å². The maximum Gasteiger partial charge on any atom is 0.228 e. The zero-order chi connectivity index (χ0) is 18.1. The summed E-state index contributed by atoms with van der Waals surface area (Å²) in [4.78, 5) is 31.2. The fourth-order valence-corrected chi connectivity index (χ4v) is 4.56. The van der Waals surface area contributed by atoms with Gasteiger partial charge in [0.25, 0.3) is 0 Å². The molecule has 26 heavy (non-hydrogen) atoms. The van der Waals surface area contributed by atoms with Gasteiger partial charge in [0.1, 0.15) is 5.82 Å². The summed E-state index contributed by atoms with van der Waals surface area (Å²) >= 11 is 0. The molecule has 0 radical (unpaired) electrons. The Balaban J connectivity index is 1.32.